The molecule has 1 aromatic carbocycles. The molecule has 2 heterocycles. The van der Waals surface area contributed by atoms with E-state index in [-0.39, 0.29) is 24.0 Å². The van der Waals surface area contributed by atoms with Gasteiger partial charge in [0.05, 0.1) is 0 Å². The molecule has 0 amide bonds. The molecular weight excluding hydrogens is 461 g/mol. The summed E-state index contributed by atoms with van der Waals surface area (Å²) in [4.78, 5) is 9.51. The number of para-hydroxylation sites is 1. The van der Waals surface area contributed by atoms with Crippen molar-refractivity contribution in [2.75, 3.05) is 57.8 Å². The molecule has 0 aromatic heterocycles. The van der Waals surface area contributed by atoms with E-state index >= 15 is 0 Å². The van der Waals surface area contributed by atoms with E-state index in [0.717, 1.165) is 32.1 Å². The van der Waals surface area contributed by atoms with Crippen LogP contribution < -0.4 is 15.5 Å². The average Bonchev–Trinajstić information content (AvgIpc) is 3.04. The second-order valence-corrected chi connectivity index (χ2v) is 7.93. The number of halogens is 1. The lowest BCUT2D eigenvalue weighted by atomic mass is 10.1. The van der Waals surface area contributed by atoms with Gasteiger partial charge in [-0.15, -0.1) is 24.0 Å². The number of nitrogens with one attached hydrogen (secondary N) is 2. The Morgan fingerprint density at radius 2 is 1.79 bits per heavy atom. The van der Waals surface area contributed by atoms with Gasteiger partial charge in [0.2, 0.25) is 0 Å². The van der Waals surface area contributed by atoms with E-state index in [4.69, 9.17) is 0 Å². The number of rotatable bonds is 7. The van der Waals surface area contributed by atoms with Gasteiger partial charge in [0, 0.05) is 38.9 Å². The highest BCUT2D eigenvalue weighted by Crippen LogP contribution is 2.22. The Kier molecular flexibility index (Phi) is 11.0. The van der Waals surface area contributed by atoms with Crippen LogP contribution in [0, 0.1) is 5.92 Å². The minimum absolute atomic E-state index is 0. The van der Waals surface area contributed by atoms with E-state index in [9.17, 15) is 0 Å². The summed E-state index contributed by atoms with van der Waals surface area (Å²) in [6.45, 7) is 8.05. The molecule has 2 saturated heterocycles. The fourth-order valence-electron chi connectivity index (χ4n) is 4.20. The highest BCUT2D eigenvalue weighted by Gasteiger charge is 2.22. The summed E-state index contributed by atoms with van der Waals surface area (Å²) in [6.07, 6.45) is 8.00. The van der Waals surface area contributed by atoms with Crippen molar-refractivity contribution in [1.82, 2.24) is 15.5 Å². The number of nitrogens with zero attached hydrogens (tertiary/aromatic N) is 3. The van der Waals surface area contributed by atoms with Crippen LogP contribution in [0.15, 0.2) is 35.3 Å². The SMILES string of the molecule is CN=C(NCCCN1CCCCCC1)NCC1CCN(c2ccccc2)C1.I. The largest absolute Gasteiger partial charge is 0.371 e. The van der Waals surface area contributed by atoms with Gasteiger partial charge < -0.3 is 20.4 Å². The van der Waals surface area contributed by atoms with E-state index in [2.05, 4.69) is 55.8 Å². The van der Waals surface area contributed by atoms with Gasteiger partial charge in [0.1, 0.15) is 0 Å². The second-order valence-electron chi connectivity index (χ2n) is 7.93. The maximum absolute atomic E-state index is 4.39. The van der Waals surface area contributed by atoms with Crippen LogP contribution in [0.1, 0.15) is 38.5 Å². The fraction of sp³-hybridized carbons (Fsp3) is 0.682. The Morgan fingerprint density at radius 1 is 1.04 bits per heavy atom. The van der Waals surface area contributed by atoms with Crippen molar-refractivity contribution in [3.63, 3.8) is 0 Å². The monoisotopic (exact) mass is 499 g/mol. The molecule has 6 heteroatoms. The normalized spacial score (nSPS) is 21.1. The summed E-state index contributed by atoms with van der Waals surface area (Å²) in [6, 6.07) is 10.7. The topological polar surface area (TPSA) is 42.9 Å². The molecule has 0 saturated carbocycles. The minimum Gasteiger partial charge on any atom is -0.371 e. The molecule has 2 N–H and O–H groups in total. The first-order valence-corrected chi connectivity index (χ1v) is 10.8. The van der Waals surface area contributed by atoms with Crippen LogP contribution in [-0.4, -0.2) is 63.7 Å². The highest BCUT2D eigenvalue weighted by atomic mass is 127. The van der Waals surface area contributed by atoms with Gasteiger partial charge in [-0.25, -0.2) is 0 Å². The van der Waals surface area contributed by atoms with Crippen molar-refractivity contribution in [2.24, 2.45) is 10.9 Å². The molecule has 2 aliphatic rings. The predicted molar refractivity (Wildman–Crippen MR) is 131 cm³/mol. The Balaban J connectivity index is 0.00000280. The van der Waals surface area contributed by atoms with Crippen molar-refractivity contribution in [2.45, 2.75) is 38.5 Å². The van der Waals surface area contributed by atoms with E-state index in [1.807, 2.05) is 7.05 Å². The summed E-state index contributed by atoms with van der Waals surface area (Å²) in [7, 11) is 1.87. The van der Waals surface area contributed by atoms with Gasteiger partial charge in [0.25, 0.3) is 0 Å². The molecule has 0 aliphatic carbocycles. The predicted octanol–water partition coefficient (Wildman–Crippen LogP) is 3.56. The van der Waals surface area contributed by atoms with Gasteiger partial charge in [-0.05, 0) is 63.4 Å². The van der Waals surface area contributed by atoms with Crippen molar-refractivity contribution in [3.05, 3.63) is 30.3 Å². The average molecular weight is 499 g/mol. The molecular formula is C22H38IN5. The van der Waals surface area contributed by atoms with Crippen LogP contribution in [0.25, 0.3) is 0 Å². The molecule has 0 radical (unpaired) electrons. The van der Waals surface area contributed by atoms with E-state index < -0.39 is 0 Å². The fourth-order valence-corrected chi connectivity index (χ4v) is 4.20. The lowest BCUT2D eigenvalue weighted by Crippen LogP contribution is -2.41. The second kappa shape index (κ2) is 13.2. The van der Waals surface area contributed by atoms with Crippen molar-refractivity contribution in [1.29, 1.82) is 0 Å². The van der Waals surface area contributed by atoms with Crippen LogP contribution in [0.5, 0.6) is 0 Å². The van der Waals surface area contributed by atoms with Crippen LogP contribution in [0.2, 0.25) is 0 Å². The molecule has 0 spiro atoms. The minimum atomic E-state index is 0. The molecule has 1 atom stereocenters. The van der Waals surface area contributed by atoms with Gasteiger partial charge >= 0.3 is 0 Å². The number of likely N-dealkylation sites (tertiary alicyclic amines) is 1. The van der Waals surface area contributed by atoms with Gasteiger partial charge in [-0.2, -0.15) is 0 Å². The molecule has 2 aliphatic heterocycles. The van der Waals surface area contributed by atoms with Gasteiger partial charge in [0.15, 0.2) is 5.96 Å². The van der Waals surface area contributed by atoms with Gasteiger partial charge in [-0.1, -0.05) is 31.0 Å². The smallest absolute Gasteiger partial charge is 0.190 e. The van der Waals surface area contributed by atoms with Crippen LogP contribution in [-0.2, 0) is 0 Å². The molecule has 1 aromatic rings. The Labute approximate surface area is 188 Å². The van der Waals surface area contributed by atoms with Crippen molar-refractivity contribution < 1.29 is 0 Å². The maximum atomic E-state index is 4.39. The number of anilines is 1. The van der Waals surface area contributed by atoms with Gasteiger partial charge in [-0.3, -0.25) is 4.99 Å². The lowest BCUT2D eigenvalue weighted by Gasteiger charge is -2.21. The first-order valence-electron chi connectivity index (χ1n) is 10.8. The molecule has 3 rings (SSSR count). The highest BCUT2D eigenvalue weighted by molar-refractivity contribution is 14.0. The standard InChI is InChI=1S/C22H37N5.HI/c1-23-22(24-13-9-16-26-14-7-2-3-8-15-26)25-18-20-12-17-27(19-20)21-10-5-4-6-11-21;/h4-6,10-11,20H,2-3,7-9,12-19H2,1H3,(H2,23,24,25);1H. The number of hydrogen-bond acceptors (Lipinski definition) is 3. The Hall–Kier alpha value is -1.02. The third-order valence-corrected chi connectivity index (χ3v) is 5.83. The molecule has 158 valence electrons. The van der Waals surface area contributed by atoms with Crippen LogP contribution in [0.3, 0.4) is 0 Å². The zero-order valence-electron chi connectivity index (χ0n) is 17.4. The Morgan fingerprint density at radius 3 is 2.50 bits per heavy atom. The van der Waals surface area contributed by atoms with E-state index in [1.54, 1.807) is 0 Å². The Bertz CT molecular complexity index is 557. The maximum Gasteiger partial charge on any atom is 0.190 e. The first kappa shape index (κ1) is 23.3. The van der Waals surface area contributed by atoms with E-state index in [1.165, 1.54) is 63.8 Å². The summed E-state index contributed by atoms with van der Waals surface area (Å²) in [5.74, 6) is 1.63. The summed E-state index contributed by atoms with van der Waals surface area (Å²) < 4.78 is 0. The molecule has 28 heavy (non-hydrogen) atoms. The molecule has 2 fully saturated rings. The number of aliphatic imine (C=N–C) groups is 1. The van der Waals surface area contributed by atoms with E-state index in [0.29, 0.717) is 5.92 Å². The zero-order chi connectivity index (χ0) is 18.7. The quantitative estimate of drug-likeness (QED) is 0.261. The first-order chi connectivity index (χ1) is 13.3. The molecule has 5 nitrogen and oxygen atoms in total. The third kappa shape index (κ3) is 7.78. The third-order valence-electron chi connectivity index (χ3n) is 5.83. The zero-order valence-corrected chi connectivity index (χ0v) is 19.7. The number of benzene rings is 1. The summed E-state index contributed by atoms with van der Waals surface area (Å²) in [5.41, 5.74) is 1.34. The van der Waals surface area contributed by atoms with Crippen molar-refractivity contribution in [3.8, 4) is 0 Å². The summed E-state index contributed by atoms with van der Waals surface area (Å²) in [5, 5.41) is 7.02. The van der Waals surface area contributed by atoms with Crippen LogP contribution >= 0.6 is 24.0 Å². The van der Waals surface area contributed by atoms with Crippen molar-refractivity contribution >= 4 is 35.6 Å². The molecule has 1 unspecified atom stereocenters. The summed E-state index contributed by atoms with van der Waals surface area (Å²) >= 11 is 0. The lowest BCUT2D eigenvalue weighted by molar-refractivity contribution is 0.282. The van der Waals surface area contributed by atoms with Crippen LogP contribution in [0.4, 0.5) is 5.69 Å². The number of guanidine groups is 1. The number of hydrogen-bond donors (Lipinski definition) is 2. The molecule has 0 bridgehead atoms.